The summed E-state index contributed by atoms with van der Waals surface area (Å²) in [5.74, 6) is 0. The van der Waals surface area contributed by atoms with Crippen LogP contribution in [0, 0.1) is 6.92 Å². The van der Waals surface area contributed by atoms with Crippen molar-refractivity contribution in [3.05, 3.63) is 126 Å². The van der Waals surface area contributed by atoms with E-state index in [-0.39, 0.29) is 13.0 Å². The first kappa shape index (κ1) is 29.3. The molecular formula is C33H35N3O5. The average Bonchev–Trinajstić information content (AvgIpc) is 2.97. The number of alkyl carbamates (subject to hydrolysis) is 1. The van der Waals surface area contributed by atoms with Crippen molar-refractivity contribution in [2.24, 2.45) is 0 Å². The van der Waals surface area contributed by atoms with Gasteiger partial charge in [-0.1, -0.05) is 91.0 Å². The minimum Gasteiger partial charge on any atom is -0.465 e. The number of nitrogens with one attached hydrogen (secondary N) is 2. The Hall–Kier alpha value is -4.69. The summed E-state index contributed by atoms with van der Waals surface area (Å²) >= 11 is 0. The quantitative estimate of drug-likeness (QED) is 0.183. The number of benzene rings is 3. The molecule has 1 heterocycles. The number of aryl methyl sites for hydroxylation is 1. The molecular weight excluding hydrogens is 518 g/mol. The zero-order valence-electron chi connectivity index (χ0n) is 22.9. The average molecular weight is 554 g/mol. The largest absolute Gasteiger partial charge is 0.465 e. The van der Waals surface area contributed by atoms with E-state index in [1.165, 1.54) is 0 Å². The van der Waals surface area contributed by atoms with Crippen molar-refractivity contribution in [1.82, 2.24) is 15.6 Å². The second-order valence-corrected chi connectivity index (χ2v) is 10.1. The lowest BCUT2D eigenvalue weighted by Crippen LogP contribution is -2.48. The number of aliphatic hydroxyl groups is 1. The highest BCUT2D eigenvalue weighted by atomic mass is 16.5. The molecule has 1 aromatic heterocycles. The van der Waals surface area contributed by atoms with Crippen LogP contribution in [0.25, 0.3) is 11.3 Å². The number of hydrogen-bond donors (Lipinski definition) is 4. The van der Waals surface area contributed by atoms with E-state index in [9.17, 15) is 19.8 Å². The van der Waals surface area contributed by atoms with Crippen molar-refractivity contribution in [2.75, 3.05) is 0 Å². The van der Waals surface area contributed by atoms with E-state index in [0.29, 0.717) is 12.8 Å². The smallest absolute Gasteiger partial charge is 0.407 e. The van der Waals surface area contributed by atoms with Crippen LogP contribution in [-0.4, -0.2) is 45.6 Å². The predicted molar refractivity (Wildman–Crippen MR) is 157 cm³/mol. The van der Waals surface area contributed by atoms with Crippen LogP contribution in [0.4, 0.5) is 9.59 Å². The summed E-state index contributed by atoms with van der Waals surface area (Å²) in [5, 5.41) is 25.9. The van der Waals surface area contributed by atoms with Gasteiger partial charge in [0.25, 0.3) is 0 Å². The number of amides is 2. The van der Waals surface area contributed by atoms with Crippen LogP contribution in [0.5, 0.6) is 0 Å². The molecule has 0 radical (unpaired) electrons. The monoisotopic (exact) mass is 553 g/mol. The number of hydrogen-bond acceptors (Lipinski definition) is 5. The maximum atomic E-state index is 12.8. The van der Waals surface area contributed by atoms with Gasteiger partial charge in [-0.2, -0.15) is 0 Å². The molecule has 0 aliphatic carbocycles. The highest BCUT2D eigenvalue weighted by molar-refractivity contribution is 5.68. The van der Waals surface area contributed by atoms with Crippen LogP contribution in [-0.2, 0) is 24.2 Å². The molecule has 0 bridgehead atoms. The number of nitrogens with zero attached hydrogens (tertiary/aromatic N) is 1. The van der Waals surface area contributed by atoms with Crippen LogP contribution < -0.4 is 10.6 Å². The van der Waals surface area contributed by atoms with Gasteiger partial charge >= 0.3 is 12.2 Å². The Balaban J connectivity index is 1.47. The van der Waals surface area contributed by atoms with Gasteiger partial charge in [-0.25, -0.2) is 9.59 Å². The van der Waals surface area contributed by atoms with Crippen molar-refractivity contribution < 1.29 is 24.5 Å². The van der Waals surface area contributed by atoms with Crippen molar-refractivity contribution in [1.29, 1.82) is 0 Å². The minimum atomic E-state index is -1.22. The molecule has 0 saturated carbocycles. The molecule has 212 valence electrons. The summed E-state index contributed by atoms with van der Waals surface area (Å²) in [6.45, 7) is 2.10. The van der Waals surface area contributed by atoms with Gasteiger partial charge in [0.2, 0.25) is 0 Å². The number of rotatable bonds is 12. The normalized spacial score (nSPS) is 13.0. The second-order valence-electron chi connectivity index (χ2n) is 10.1. The fourth-order valence-corrected chi connectivity index (χ4v) is 4.63. The highest BCUT2D eigenvalue weighted by Crippen LogP contribution is 2.20. The zero-order valence-corrected chi connectivity index (χ0v) is 22.9. The van der Waals surface area contributed by atoms with Gasteiger partial charge in [-0.15, -0.1) is 0 Å². The molecule has 3 atom stereocenters. The SMILES string of the molecule is Cc1ccc(-c2ccc(C[C@@H](C[C@H](O)[C@H](Cc3ccccc3)NC(=O)O)NC(=O)OCc3ccccc3)cc2)nc1. The van der Waals surface area contributed by atoms with E-state index in [4.69, 9.17) is 4.74 Å². The molecule has 0 aliphatic heterocycles. The number of aromatic nitrogens is 1. The third-order valence-electron chi connectivity index (χ3n) is 6.78. The number of ether oxygens (including phenoxy) is 1. The summed E-state index contributed by atoms with van der Waals surface area (Å²) in [5.41, 5.74) is 5.59. The molecule has 0 spiro atoms. The molecule has 2 amide bonds. The Bertz CT molecular complexity index is 1380. The topological polar surface area (TPSA) is 121 Å². The lowest BCUT2D eigenvalue weighted by atomic mass is 9.93. The van der Waals surface area contributed by atoms with Gasteiger partial charge in [-0.05, 0) is 54.5 Å². The van der Waals surface area contributed by atoms with Crippen LogP contribution in [0.15, 0.2) is 103 Å². The van der Waals surface area contributed by atoms with E-state index in [2.05, 4.69) is 15.6 Å². The lowest BCUT2D eigenvalue weighted by molar-refractivity contribution is 0.0955. The Morgan fingerprint density at radius 2 is 1.44 bits per heavy atom. The highest BCUT2D eigenvalue weighted by Gasteiger charge is 2.26. The molecule has 4 N–H and O–H groups in total. The molecule has 0 unspecified atom stereocenters. The van der Waals surface area contributed by atoms with Gasteiger partial charge in [0, 0.05) is 17.8 Å². The van der Waals surface area contributed by atoms with E-state index >= 15 is 0 Å². The molecule has 0 aliphatic rings. The Morgan fingerprint density at radius 1 is 0.805 bits per heavy atom. The summed E-state index contributed by atoms with van der Waals surface area (Å²) in [7, 11) is 0. The minimum absolute atomic E-state index is 0.109. The zero-order chi connectivity index (χ0) is 29.0. The maximum absolute atomic E-state index is 12.8. The standard InChI is InChI=1S/C33H35N3O5/c1-23-12-17-29(34-21-23)27-15-13-25(14-16-27)18-28(35-33(40)41-22-26-10-6-3-7-11-26)20-31(37)30(36-32(38)39)19-24-8-4-2-5-9-24/h2-17,21,28,30-31,36-37H,18-20,22H2,1H3,(H,35,40)(H,38,39)/t28-,30-,31-/m0/s1. The molecule has 8 nitrogen and oxygen atoms in total. The molecule has 41 heavy (non-hydrogen) atoms. The molecule has 0 fully saturated rings. The fraction of sp³-hybridized carbons (Fsp3) is 0.242. The number of carbonyl (C=O) groups is 2. The third kappa shape index (κ3) is 9.47. The summed E-state index contributed by atoms with van der Waals surface area (Å²) in [6.07, 6.45) is -0.263. The van der Waals surface area contributed by atoms with Gasteiger partial charge in [0.1, 0.15) is 6.61 Å². The Labute approximate surface area is 240 Å². The van der Waals surface area contributed by atoms with Gasteiger partial charge < -0.3 is 25.6 Å². The first-order chi connectivity index (χ1) is 19.9. The molecule has 0 saturated heterocycles. The number of aliphatic hydroxyl groups excluding tert-OH is 1. The van der Waals surface area contributed by atoms with Crippen molar-refractivity contribution >= 4 is 12.2 Å². The van der Waals surface area contributed by atoms with Gasteiger partial charge in [-0.3, -0.25) is 4.98 Å². The summed E-state index contributed by atoms with van der Waals surface area (Å²) < 4.78 is 5.44. The van der Waals surface area contributed by atoms with Crippen LogP contribution in [0.1, 0.15) is 28.7 Å². The number of pyridine rings is 1. The van der Waals surface area contributed by atoms with Gasteiger partial charge in [0.05, 0.1) is 17.8 Å². The summed E-state index contributed by atoms with van der Waals surface area (Å²) in [4.78, 5) is 28.8. The maximum Gasteiger partial charge on any atom is 0.407 e. The summed E-state index contributed by atoms with van der Waals surface area (Å²) in [6, 6.07) is 29.3. The van der Waals surface area contributed by atoms with Crippen molar-refractivity contribution in [2.45, 2.75) is 51.0 Å². The predicted octanol–water partition coefficient (Wildman–Crippen LogP) is 5.52. The van der Waals surface area contributed by atoms with Crippen LogP contribution in [0.3, 0.4) is 0 Å². The van der Waals surface area contributed by atoms with E-state index in [1.54, 1.807) is 0 Å². The molecule has 3 aromatic carbocycles. The Kier molecular flexibility index (Phi) is 10.5. The van der Waals surface area contributed by atoms with Crippen LogP contribution >= 0.6 is 0 Å². The first-order valence-electron chi connectivity index (χ1n) is 13.6. The molecule has 8 heteroatoms. The van der Waals surface area contributed by atoms with Crippen LogP contribution in [0.2, 0.25) is 0 Å². The van der Waals surface area contributed by atoms with Gasteiger partial charge in [0.15, 0.2) is 0 Å². The fourth-order valence-electron chi connectivity index (χ4n) is 4.63. The molecule has 4 rings (SSSR count). The number of carboxylic acid groups (broad SMARTS) is 1. The van der Waals surface area contributed by atoms with Crippen molar-refractivity contribution in [3.63, 3.8) is 0 Å². The molecule has 4 aromatic rings. The first-order valence-corrected chi connectivity index (χ1v) is 13.6. The van der Waals surface area contributed by atoms with E-state index in [0.717, 1.165) is 33.5 Å². The van der Waals surface area contributed by atoms with Crippen molar-refractivity contribution in [3.8, 4) is 11.3 Å². The third-order valence-corrected chi connectivity index (χ3v) is 6.78. The number of carbonyl (C=O) groups excluding carboxylic acids is 1. The van der Waals surface area contributed by atoms with E-state index in [1.807, 2.05) is 110 Å². The Morgan fingerprint density at radius 3 is 2.05 bits per heavy atom. The second kappa shape index (κ2) is 14.6. The lowest BCUT2D eigenvalue weighted by Gasteiger charge is -2.27. The van der Waals surface area contributed by atoms with E-state index < -0.39 is 30.4 Å².